The number of esters is 1. The molecular weight excluding hydrogens is 428 g/mol. The molecule has 0 aliphatic heterocycles. The van der Waals surface area contributed by atoms with E-state index in [9.17, 15) is 28.1 Å². The Hall–Kier alpha value is -3.67. The number of nitro benzene ring substituents is 1. The first kappa shape index (κ1) is 22.0. The monoisotopic (exact) mass is 446 g/mol. The van der Waals surface area contributed by atoms with E-state index in [1.165, 1.54) is 0 Å². The van der Waals surface area contributed by atoms with E-state index in [0.29, 0.717) is 10.9 Å². The molecule has 0 amide bonds. The van der Waals surface area contributed by atoms with Gasteiger partial charge in [0.1, 0.15) is 5.52 Å². The average molecular weight is 446 g/mol. The van der Waals surface area contributed by atoms with Crippen LogP contribution in [0.5, 0.6) is 0 Å². The molecule has 12 heteroatoms. The first-order valence-corrected chi connectivity index (χ1v) is 10.6. The van der Waals surface area contributed by atoms with Crippen LogP contribution >= 0.6 is 0 Å². The summed E-state index contributed by atoms with van der Waals surface area (Å²) in [7, 11) is -3.20. The lowest BCUT2D eigenvalue weighted by Gasteiger charge is -2.16. The van der Waals surface area contributed by atoms with Gasteiger partial charge in [-0.2, -0.15) is 0 Å². The highest BCUT2D eigenvalue weighted by Gasteiger charge is 2.35. The third-order valence-electron chi connectivity index (χ3n) is 4.70. The largest absolute Gasteiger partial charge is 0.468 e. The van der Waals surface area contributed by atoms with Crippen LogP contribution in [0.4, 0.5) is 5.69 Å². The van der Waals surface area contributed by atoms with E-state index in [4.69, 9.17) is 0 Å². The summed E-state index contributed by atoms with van der Waals surface area (Å²) in [6, 6.07) is 9.24. The lowest BCUT2D eigenvalue weighted by atomic mass is 10.2. The quantitative estimate of drug-likeness (QED) is 0.298. The molecule has 162 valence electrons. The molecule has 0 fully saturated rings. The number of rotatable bonds is 7. The van der Waals surface area contributed by atoms with Gasteiger partial charge in [0.25, 0.3) is 11.2 Å². The third-order valence-corrected chi connectivity index (χ3v) is 6.80. The lowest BCUT2D eigenvalue weighted by Crippen LogP contribution is -2.34. The molecule has 31 heavy (non-hydrogen) atoms. The molecular formula is C19H18N4O7S. The molecule has 11 nitrogen and oxygen atoms in total. The van der Waals surface area contributed by atoms with Gasteiger partial charge in [-0.1, -0.05) is 16.8 Å². The molecule has 0 spiro atoms. The van der Waals surface area contributed by atoms with Crippen molar-refractivity contribution in [3.05, 3.63) is 68.5 Å². The van der Waals surface area contributed by atoms with Crippen molar-refractivity contribution in [3.8, 4) is 0 Å². The van der Waals surface area contributed by atoms with Crippen LogP contribution in [0, 0.1) is 17.0 Å². The van der Waals surface area contributed by atoms with Crippen LogP contribution in [0.2, 0.25) is 0 Å². The number of nitro groups is 1. The van der Waals surface area contributed by atoms with Crippen LogP contribution in [-0.4, -0.2) is 46.7 Å². The molecule has 0 aliphatic rings. The van der Waals surface area contributed by atoms with Crippen LogP contribution in [0.25, 0.3) is 10.9 Å². The van der Waals surface area contributed by atoms with Crippen molar-refractivity contribution < 1.29 is 22.9 Å². The van der Waals surface area contributed by atoms with E-state index in [0.717, 1.165) is 41.6 Å². The number of ether oxygens (including phenoxy) is 1. The van der Waals surface area contributed by atoms with Gasteiger partial charge in [0.2, 0.25) is 0 Å². The summed E-state index contributed by atoms with van der Waals surface area (Å²) >= 11 is 0. The molecule has 1 atom stereocenters. The van der Waals surface area contributed by atoms with Gasteiger partial charge in [0.15, 0.2) is 15.1 Å². The molecule has 1 unspecified atom stereocenters. The van der Waals surface area contributed by atoms with Crippen molar-refractivity contribution in [2.45, 2.75) is 30.0 Å². The second-order valence-electron chi connectivity index (χ2n) is 6.73. The zero-order valence-corrected chi connectivity index (χ0v) is 17.4. The molecule has 2 aromatic carbocycles. The minimum Gasteiger partial charge on any atom is -0.468 e. The molecule has 0 bridgehead atoms. The predicted molar refractivity (Wildman–Crippen MR) is 109 cm³/mol. The summed E-state index contributed by atoms with van der Waals surface area (Å²) in [5, 5.41) is 17.2. The van der Waals surface area contributed by atoms with Crippen molar-refractivity contribution >= 4 is 32.4 Å². The molecule has 0 saturated heterocycles. The lowest BCUT2D eigenvalue weighted by molar-refractivity contribution is -0.384. The first-order chi connectivity index (χ1) is 14.6. The number of aromatic nitrogens is 3. The van der Waals surface area contributed by atoms with Crippen molar-refractivity contribution in [3.63, 3.8) is 0 Å². The molecule has 1 aromatic heterocycles. The van der Waals surface area contributed by atoms with Crippen molar-refractivity contribution in [2.75, 3.05) is 7.11 Å². The fourth-order valence-electron chi connectivity index (χ4n) is 3.03. The Labute approximate surface area is 176 Å². The molecule has 1 heterocycles. The number of benzene rings is 2. The number of hydrogen-bond donors (Lipinski definition) is 0. The Morgan fingerprint density at radius 3 is 2.52 bits per heavy atom. The number of hydrogen-bond acceptors (Lipinski definition) is 9. The Morgan fingerprint density at radius 2 is 1.90 bits per heavy atom. The van der Waals surface area contributed by atoms with E-state index in [-0.39, 0.29) is 23.5 Å². The highest BCUT2D eigenvalue weighted by molar-refractivity contribution is 7.92. The number of sulfone groups is 1. The van der Waals surface area contributed by atoms with Crippen LogP contribution in [0.15, 0.2) is 52.2 Å². The number of carbonyl (C=O) groups is 1. The SMILES string of the molecule is COC(=O)C(CCn1nnc2ccc(C)cc2c1=O)S(=O)(=O)c1ccc([N+](=O)[O-])cc1. The van der Waals surface area contributed by atoms with E-state index in [1.54, 1.807) is 18.2 Å². The average Bonchev–Trinajstić information content (AvgIpc) is 2.75. The molecule has 0 aliphatic carbocycles. The van der Waals surface area contributed by atoms with Gasteiger partial charge in [0, 0.05) is 18.7 Å². The maximum absolute atomic E-state index is 13.0. The zero-order valence-electron chi connectivity index (χ0n) is 16.6. The summed E-state index contributed by atoms with van der Waals surface area (Å²) in [6.45, 7) is 1.61. The van der Waals surface area contributed by atoms with Gasteiger partial charge in [-0.25, -0.2) is 13.1 Å². The highest BCUT2D eigenvalue weighted by Crippen LogP contribution is 2.23. The molecule has 0 radical (unpaired) electrons. The van der Waals surface area contributed by atoms with Crippen LogP contribution in [0.1, 0.15) is 12.0 Å². The number of carbonyl (C=O) groups excluding carboxylic acids is 1. The number of methoxy groups -OCH3 is 1. The molecule has 3 aromatic rings. The van der Waals surface area contributed by atoms with Crippen LogP contribution in [0.3, 0.4) is 0 Å². The first-order valence-electron chi connectivity index (χ1n) is 9.05. The van der Waals surface area contributed by atoms with E-state index in [1.807, 2.05) is 6.92 Å². The number of aryl methyl sites for hydroxylation is 2. The van der Waals surface area contributed by atoms with E-state index < -0.39 is 31.5 Å². The second kappa shape index (κ2) is 8.60. The van der Waals surface area contributed by atoms with Crippen molar-refractivity contribution in [2.24, 2.45) is 0 Å². The molecule has 0 N–H and O–H groups in total. The fraction of sp³-hybridized carbons (Fsp3) is 0.263. The van der Waals surface area contributed by atoms with E-state index >= 15 is 0 Å². The topological polar surface area (TPSA) is 151 Å². The summed E-state index contributed by atoms with van der Waals surface area (Å²) < 4.78 is 31.6. The van der Waals surface area contributed by atoms with Gasteiger partial charge >= 0.3 is 5.97 Å². The minimum absolute atomic E-state index is 0.207. The van der Waals surface area contributed by atoms with Gasteiger partial charge < -0.3 is 4.74 Å². The summed E-state index contributed by atoms with van der Waals surface area (Å²) in [4.78, 5) is 34.8. The second-order valence-corrected chi connectivity index (χ2v) is 8.87. The van der Waals surface area contributed by atoms with Crippen molar-refractivity contribution in [1.82, 2.24) is 15.0 Å². The number of non-ortho nitro benzene ring substituents is 1. The minimum atomic E-state index is -4.25. The molecule has 3 rings (SSSR count). The van der Waals surface area contributed by atoms with Crippen LogP contribution < -0.4 is 5.56 Å². The summed E-state index contributed by atoms with van der Waals surface area (Å²) in [5.74, 6) is -1.02. The standard InChI is InChI=1S/C19H18N4O7S/c1-12-3-8-16-15(11-12)18(24)22(21-20-16)10-9-17(19(25)30-2)31(28,29)14-6-4-13(5-7-14)23(26)27/h3-8,11,17H,9-10H2,1-2H3. The Bertz CT molecular complexity index is 1320. The maximum Gasteiger partial charge on any atom is 0.324 e. The highest BCUT2D eigenvalue weighted by atomic mass is 32.2. The van der Waals surface area contributed by atoms with Crippen molar-refractivity contribution in [1.29, 1.82) is 0 Å². The van der Waals surface area contributed by atoms with E-state index in [2.05, 4.69) is 15.0 Å². The predicted octanol–water partition coefficient (Wildman–Crippen LogP) is 1.41. The summed E-state index contributed by atoms with van der Waals surface area (Å²) in [6.07, 6.45) is -0.308. The fourth-order valence-corrected chi connectivity index (χ4v) is 4.64. The number of nitrogens with zero attached hydrogens (tertiary/aromatic N) is 4. The third kappa shape index (κ3) is 4.43. The van der Waals surface area contributed by atoms with Gasteiger partial charge in [-0.15, -0.1) is 5.10 Å². The summed E-state index contributed by atoms with van der Waals surface area (Å²) in [5.41, 5.74) is 0.485. The number of fused-ring (bicyclic) bond motifs is 1. The van der Waals surface area contributed by atoms with Gasteiger partial charge in [-0.05, 0) is 37.6 Å². The normalized spacial score (nSPS) is 12.5. The Kier molecular flexibility index (Phi) is 6.11. The maximum atomic E-state index is 13.0. The zero-order chi connectivity index (χ0) is 22.8. The molecule has 0 saturated carbocycles. The Balaban J connectivity index is 1.93. The Morgan fingerprint density at radius 1 is 1.23 bits per heavy atom. The smallest absolute Gasteiger partial charge is 0.324 e. The van der Waals surface area contributed by atoms with Gasteiger partial charge in [-0.3, -0.25) is 19.7 Å². The van der Waals surface area contributed by atoms with Gasteiger partial charge in [0.05, 0.1) is 22.3 Å². The van der Waals surface area contributed by atoms with Crippen LogP contribution in [-0.2, 0) is 25.9 Å².